The highest BCUT2D eigenvalue weighted by Crippen LogP contribution is 2.22. The van der Waals surface area contributed by atoms with Crippen molar-refractivity contribution in [3.05, 3.63) is 71.5 Å². The van der Waals surface area contributed by atoms with Crippen LogP contribution in [0.2, 0.25) is 0 Å². The van der Waals surface area contributed by atoms with Crippen LogP contribution in [-0.2, 0) is 21.2 Å². The number of ether oxygens (including phenoxy) is 1. The Balaban J connectivity index is 1.65. The van der Waals surface area contributed by atoms with Crippen molar-refractivity contribution in [2.45, 2.75) is 12.5 Å². The van der Waals surface area contributed by atoms with E-state index in [4.69, 9.17) is 4.74 Å². The van der Waals surface area contributed by atoms with Gasteiger partial charge in [0.1, 0.15) is 5.82 Å². The normalized spacial score (nSPS) is 16.9. The largest absolute Gasteiger partial charge is 0.379 e. The molecule has 146 valence electrons. The van der Waals surface area contributed by atoms with Gasteiger partial charge in [-0.15, -0.1) is 0 Å². The molecule has 0 amide bonds. The van der Waals surface area contributed by atoms with E-state index >= 15 is 0 Å². The third kappa shape index (κ3) is 6.10. The van der Waals surface area contributed by atoms with E-state index < -0.39 is 10.0 Å². The minimum atomic E-state index is -3.41. The summed E-state index contributed by atoms with van der Waals surface area (Å²) in [6.45, 7) is 2.90. The third-order valence-corrected chi connectivity index (χ3v) is 6.09. The Kier molecular flexibility index (Phi) is 6.95. The van der Waals surface area contributed by atoms with Crippen LogP contribution in [0.5, 0.6) is 0 Å². The van der Waals surface area contributed by atoms with Gasteiger partial charge in [-0.25, -0.2) is 17.5 Å². The smallest absolute Gasteiger partial charge is 0.211 e. The standard InChI is InChI=1S/C20H25FN2O3S/c21-19-8-6-18(7-9-19)20(23-11-13-26-14-12-23)16-22-27(24,25)15-10-17-4-2-1-3-5-17/h1-9,20,22H,10-16H2/t20-/m0/s1. The van der Waals surface area contributed by atoms with E-state index in [9.17, 15) is 12.8 Å². The maximum atomic E-state index is 13.3. The van der Waals surface area contributed by atoms with Crippen molar-refractivity contribution >= 4 is 10.0 Å². The molecule has 1 fully saturated rings. The predicted octanol–water partition coefficient (Wildman–Crippen LogP) is 2.36. The fourth-order valence-corrected chi connectivity index (χ4v) is 4.27. The van der Waals surface area contributed by atoms with Gasteiger partial charge >= 0.3 is 0 Å². The Hall–Kier alpha value is -1.80. The van der Waals surface area contributed by atoms with Crippen LogP contribution in [0.25, 0.3) is 0 Å². The predicted molar refractivity (Wildman–Crippen MR) is 103 cm³/mol. The molecule has 3 rings (SSSR count). The van der Waals surface area contributed by atoms with E-state index in [2.05, 4.69) is 9.62 Å². The molecule has 0 aliphatic carbocycles. The highest BCUT2D eigenvalue weighted by atomic mass is 32.2. The molecule has 1 aliphatic heterocycles. The second-order valence-corrected chi connectivity index (χ2v) is 8.55. The molecule has 7 heteroatoms. The minimum absolute atomic E-state index is 0.0380. The molecule has 5 nitrogen and oxygen atoms in total. The van der Waals surface area contributed by atoms with Gasteiger partial charge in [-0.2, -0.15) is 0 Å². The van der Waals surface area contributed by atoms with Crippen LogP contribution in [0.3, 0.4) is 0 Å². The summed E-state index contributed by atoms with van der Waals surface area (Å²) in [4.78, 5) is 2.18. The van der Waals surface area contributed by atoms with Crippen molar-refractivity contribution in [2.75, 3.05) is 38.6 Å². The summed E-state index contributed by atoms with van der Waals surface area (Å²) >= 11 is 0. The number of sulfonamides is 1. The molecule has 1 atom stereocenters. The first-order valence-corrected chi connectivity index (χ1v) is 10.8. The van der Waals surface area contributed by atoms with Crippen molar-refractivity contribution in [1.82, 2.24) is 9.62 Å². The first kappa shape index (κ1) is 19.9. The van der Waals surface area contributed by atoms with Gasteiger partial charge < -0.3 is 4.74 Å². The lowest BCUT2D eigenvalue weighted by molar-refractivity contribution is 0.0172. The van der Waals surface area contributed by atoms with Crippen LogP contribution in [0.15, 0.2) is 54.6 Å². The maximum Gasteiger partial charge on any atom is 0.211 e. The molecular weight excluding hydrogens is 367 g/mol. The molecule has 0 aromatic heterocycles. The van der Waals surface area contributed by atoms with Gasteiger partial charge in [-0.05, 0) is 29.7 Å². The summed E-state index contributed by atoms with van der Waals surface area (Å²) in [6.07, 6.45) is 0.467. The second kappa shape index (κ2) is 9.41. The van der Waals surface area contributed by atoms with Gasteiger partial charge in [0.25, 0.3) is 0 Å². The molecule has 1 saturated heterocycles. The Morgan fingerprint density at radius 1 is 1.04 bits per heavy atom. The number of nitrogens with zero attached hydrogens (tertiary/aromatic N) is 1. The van der Waals surface area contributed by atoms with Gasteiger partial charge in [0.05, 0.1) is 19.0 Å². The molecule has 1 heterocycles. The van der Waals surface area contributed by atoms with E-state index in [-0.39, 0.29) is 24.2 Å². The van der Waals surface area contributed by atoms with Crippen LogP contribution in [0.4, 0.5) is 4.39 Å². The molecule has 27 heavy (non-hydrogen) atoms. The monoisotopic (exact) mass is 392 g/mol. The van der Waals surface area contributed by atoms with Crippen molar-refractivity contribution in [1.29, 1.82) is 0 Å². The molecule has 1 N–H and O–H groups in total. The number of rotatable bonds is 8. The number of nitrogens with one attached hydrogen (secondary N) is 1. The van der Waals surface area contributed by atoms with Crippen LogP contribution in [0.1, 0.15) is 17.2 Å². The summed E-state index contributed by atoms with van der Waals surface area (Å²) in [5.41, 5.74) is 1.88. The molecule has 2 aromatic carbocycles. The van der Waals surface area contributed by atoms with Crippen LogP contribution >= 0.6 is 0 Å². The minimum Gasteiger partial charge on any atom is -0.379 e. The van der Waals surface area contributed by atoms with E-state index in [0.717, 1.165) is 11.1 Å². The fourth-order valence-electron chi connectivity index (χ4n) is 3.21. The van der Waals surface area contributed by atoms with E-state index in [1.165, 1.54) is 12.1 Å². The van der Waals surface area contributed by atoms with Crippen molar-refractivity contribution < 1.29 is 17.5 Å². The number of aryl methyl sites for hydroxylation is 1. The summed E-state index contributed by atoms with van der Waals surface area (Å²) < 4.78 is 46.3. The number of hydrogen-bond acceptors (Lipinski definition) is 4. The Bertz CT molecular complexity index is 807. The lowest BCUT2D eigenvalue weighted by atomic mass is 10.0. The Labute approximate surface area is 160 Å². The number of hydrogen-bond donors (Lipinski definition) is 1. The summed E-state index contributed by atoms with van der Waals surface area (Å²) in [5.74, 6) is -0.265. The first-order chi connectivity index (χ1) is 13.0. The van der Waals surface area contributed by atoms with E-state index in [1.807, 2.05) is 30.3 Å². The molecule has 0 radical (unpaired) electrons. The molecule has 0 unspecified atom stereocenters. The van der Waals surface area contributed by atoms with Crippen molar-refractivity contribution in [3.8, 4) is 0 Å². The summed E-state index contributed by atoms with van der Waals surface area (Å²) in [6, 6.07) is 15.7. The van der Waals surface area contributed by atoms with Crippen molar-refractivity contribution in [2.24, 2.45) is 0 Å². The number of halogens is 1. The SMILES string of the molecule is O=S(=O)(CCc1ccccc1)NC[C@@H](c1ccc(F)cc1)N1CCOCC1. The highest BCUT2D eigenvalue weighted by molar-refractivity contribution is 7.89. The van der Waals surface area contributed by atoms with Crippen LogP contribution in [0, 0.1) is 5.82 Å². The van der Waals surface area contributed by atoms with E-state index in [0.29, 0.717) is 32.7 Å². The maximum absolute atomic E-state index is 13.3. The zero-order valence-electron chi connectivity index (χ0n) is 15.2. The third-order valence-electron chi connectivity index (χ3n) is 4.74. The molecule has 1 aliphatic rings. The molecular formula is C20H25FN2O3S. The van der Waals surface area contributed by atoms with Crippen LogP contribution in [-0.4, -0.2) is 51.9 Å². The van der Waals surface area contributed by atoms with Gasteiger partial charge in [-0.1, -0.05) is 42.5 Å². The average Bonchev–Trinajstić information content (AvgIpc) is 2.70. The quantitative estimate of drug-likeness (QED) is 0.749. The Morgan fingerprint density at radius 3 is 2.37 bits per heavy atom. The summed E-state index contributed by atoms with van der Waals surface area (Å²) in [5, 5.41) is 0. The highest BCUT2D eigenvalue weighted by Gasteiger charge is 2.24. The van der Waals surface area contributed by atoms with Gasteiger partial charge in [0.15, 0.2) is 0 Å². The average molecular weight is 392 g/mol. The van der Waals surface area contributed by atoms with Gasteiger partial charge in [0, 0.05) is 25.7 Å². The molecule has 0 bridgehead atoms. The lowest BCUT2D eigenvalue weighted by Crippen LogP contribution is -2.44. The van der Waals surface area contributed by atoms with Gasteiger partial charge in [0.2, 0.25) is 10.0 Å². The second-order valence-electron chi connectivity index (χ2n) is 6.62. The number of benzene rings is 2. The zero-order valence-corrected chi connectivity index (χ0v) is 16.0. The van der Waals surface area contributed by atoms with Gasteiger partial charge in [-0.3, -0.25) is 4.90 Å². The Morgan fingerprint density at radius 2 is 1.70 bits per heavy atom. The van der Waals surface area contributed by atoms with Crippen molar-refractivity contribution in [3.63, 3.8) is 0 Å². The summed E-state index contributed by atoms with van der Waals surface area (Å²) in [7, 11) is -3.41. The fraction of sp³-hybridized carbons (Fsp3) is 0.400. The zero-order chi connectivity index (χ0) is 19.1. The molecule has 2 aromatic rings. The lowest BCUT2D eigenvalue weighted by Gasteiger charge is -2.34. The molecule has 0 saturated carbocycles. The van der Waals surface area contributed by atoms with Crippen LogP contribution < -0.4 is 4.72 Å². The number of morpholine rings is 1. The first-order valence-electron chi connectivity index (χ1n) is 9.12. The molecule has 0 spiro atoms. The van der Waals surface area contributed by atoms with E-state index in [1.54, 1.807) is 12.1 Å². The topological polar surface area (TPSA) is 58.6 Å².